The van der Waals surface area contributed by atoms with Crippen molar-refractivity contribution in [1.82, 2.24) is 14.8 Å². The molecule has 3 amide bonds. The van der Waals surface area contributed by atoms with Crippen LogP contribution in [-0.2, 0) is 4.79 Å². The number of ketones is 1. The fraction of sp³-hybridized carbons (Fsp3) is 0.480. The van der Waals surface area contributed by atoms with Crippen LogP contribution in [0.1, 0.15) is 61.3 Å². The van der Waals surface area contributed by atoms with Crippen molar-refractivity contribution in [2.75, 3.05) is 13.2 Å². The summed E-state index contributed by atoms with van der Waals surface area (Å²) in [5.74, 6) is 0.361. The minimum atomic E-state index is -0.852. The summed E-state index contributed by atoms with van der Waals surface area (Å²) in [5.41, 5.74) is 2.28. The van der Waals surface area contributed by atoms with Gasteiger partial charge in [-0.3, -0.25) is 14.5 Å². The van der Waals surface area contributed by atoms with E-state index in [2.05, 4.69) is 5.32 Å². The van der Waals surface area contributed by atoms with E-state index < -0.39 is 11.6 Å². The highest BCUT2D eigenvalue weighted by molar-refractivity contribution is 6.11. The lowest BCUT2D eigenvalue weighted by Crippen LogP contribution is -2.54. The quantitative estimate of drug-likeness (QED) is 0.543. The number of rotatable bonds is 6. The Bertz CT molecular complexity index is 1060. The number of nitrogens with one attached hydrogen (secondary N) is 1. The molecular weight excluding hydrogens is 406 g/mol. The van der Waals surface area contributed by atoms with Gasteiger partial charge in [-0.2, -0.15) is 0 Å². The maximum atomic E-state index is 13.2. The van der Waals surface area contributed by atoms with E-state index in [9.17, 15) is 14.4 Å². The van der Waals surface area contributed by atoms with Gasteiger partial charge in [0.2, 0.25) is 0 Å². The van der Waals surface area contributed by atoms with Gasteiger partial charge in [0.25, 0.3) is 5.91 Å². The third-order valence-electron chi connectivity index (χ3n) is 6.94. The second-order valence-corrected chi connectivity index (χ2v) is 8.91. The summed E-state index contributed by atoms with van der Waals surface area (Å²) >= 11 is 0. The lowest BCUT2D eigenvalue weighted by atomic mass is 9.73. The molecule has 0 radical (unpaired) electrons. The monoisotopic (exact) mass is 437 g/mol. The lowest BCUT2D eigenvalue weighted by Gasteiger charge is -2.36. The largest absolute Gasteiger partial charge is 0.494 e. The van der Waals surface area contributed by atoms with Crippen LogP contribution in [0.15, 0.2) is 30.3 Å². The van der Waals surface area contributed by atoms with Gasteiger partial charge in [-0.05, 0) is 69.9 Å². The summed E-state index contributed by atoms with van der Waals surface area (Å²) in [5, 5.41) is 2.92. The molecule has 4 rings (SSSR count). The molecule has 2 atom stereocenters. The van der Waals surface area contributed by atoms with Crippen molar-refractivity contribution >= 4 is 17.7 Å². The van der Waals surface area contributed by atoms with Gasteiger partial charge in [-0.25, -0.2) is 4.79 Å². The molecule has 2 unspecified atom stereocenters. The molecule has 2 heterocycles. The van der Waals surface area contributed by atoms with Crippen molar-refractivity contribution in [2.45, 2.75) is 58.9 Å². The first-order chi connectivity index (χ1) is 15.3. The average molecular weight is 438 g/mol. The van der Waals surface area contributed by atoms with E-state index in [0.717, 1.165) is 47.0 Å². The van der Waals surface area contributed by atoms with Gasteiger partial charge in [0.05, 0.1) is 13.2 Å². The van der Waals surface area contributed by atoms with Gasteiger partial charge in [-0.1, -0.05) is 19.8 Å². The zero-order chi connectivity index (χ0) is 23.0. The average Bonchev–Trinajstić information content (AvgIpc) is 3.19. The molecule has 0 bridgehead atoms. The molecule has 1 aliphatic heterocycles. The lowest BCUT2D eigenvalue weighted by molar-refractivity contribution is -0.133. The zero-order valence-electron chi connectivity index (χ0n) is 19.2. The van der Waals surface area contributed by atoms with Crippen LogP contribution >= 0.6 is 0 Å². The van der Waals surface area contributed by atoms with Crippen LogP contribution in [0.2, 0.25) is 0 Å². The molecule has 2 fully saturated rings. The Kier molecular flexibility index (Phi) is 5.84. The molecule has 1 saturated heterocycles. The van der Waals surface area contributed by atoms with E-state index in [1.807, 2.05) is 62.6 Å². The summed E-state index contributed by atoms with van der Waals surface area (Å²) in [4.78, 5) is 40.2. The Morgan fingerprint density at radius 2 is 1.91 bits per heavy atom. The third-order valence-corrected chi connectivity index (χ3v) is 6.94. The van der Waals surface area contributed by atoms with Crippen molar-refractivity contribution in [1.29, 1.82) is 0 Å². The first kappa shape index (κ1) is 22.1. The first-order valence-corrected chi connectivity index (χ1v) is 11.4. The van der Waals surface area contributed by atoms with Crippen LogP contribution in [0.25, 0.3) is 5.69 Å². The fourth-order valence-corrected chi connectivity index (χ4v) is 5.17. The standard InChI is InChI=1S/C25H31N3O4/c1-5-32-20-11-9-19(10-12-20)28-17(3)14-21(18(28)4)22(29)15-27-23(30)25(26-24(27)31)13-7-6-8-16(25)2/h9-12,14,16H,5-8,13,15H2,1-4H3,(H,26,31). The predicted octanol–water partition coefficient (Wildman–Crippen LogP) is 4.18. The number of hydrogen-bond acceptors (Lipinski definition) is 4. The number of aryl methyl sites for hydroxylation is 1. The number of carbonyl (C=O) groups is 3. The number of urea groups is 1. The minimum Gasteiger partial charge on any atom is -0.494 e. The van der Waals surface area contributed by atoms with Gasteiger partial charge in [0.1, 0.15) is 11.3 Å². The Hall–Kier alpha value is -3.09. The number of amides is 3. The summed E-state index contributed by atoms with van der Waals surface area (Å²) in [7, 11) is 0. The van der Waals surface area contributed by atoms with Crippen LogP contribution < -0.4 is 10.1 Å². The topological polar surface area (TPSA) is 80.6 Å². The molecule has 1 aromatic carbocycles. The van der Waals surface area contributed by atoms with Crippen molar-refractivity contribution in [3.8, 4) is 11.4 Å². The van der Waals surface area contributed by atoms with E-state index in [1.54, 1.807) is 0 Å². The molecule has 1 spiro atoms. The predicted molar refractivity (Wildman–Crippen MR) is 121 cm³/mol. The number of ether oxygens (including phenoxy) is 1. The van der Waals surface area contributed by atoms with Crippen LogP contribution in [-0.4, -0.2) is 45.9 Å². The van der Waals surface area contributed by atoms with Crippen LogP contribution in [0.4, 0.5) is 4.79 Å². The van der Waals surface area contributed by atoms with Crippen molar-refractivity contribution in [3.63, 3.8) is 0 Å². The van der Waals surface area contributed by atoms with Gasteiger partial charge < -0.3 is 14.6 Å². The van der Waals surface area contributed by atoms with Gasteiger partial charge >= 0.3 is 6.03 Å². The second kappa shape index (κ2) is 8.45. The van der Waals surface area contributed by atoms with Crippen LogP contribution in [0.3, 0.4) is 0 Å². The summed E-state index contributed by atoms with van der Waals surface area (Å²) in [6.07, 6.45) is 3.50. The van der Waals surface area contributed by atoms with Crippen molar-refractivity contribution < 1.29 is 19.1 Å². The van der Waals surface area contributed by atoms with E-state index in [4.69, 9.17) is 4.74 Å². The number of Topliss-reactive ketones (excluding diaryl/α,β-unsaturated/α-hetero) is 1. The Morgan fingerprint density at radius 3 is 2.56 bits per heavy atom. The molecule has 1 aromatic heterocycles. The number of nitrogens with zero attached hydrogens (tertiary/aromatic N) is 2. The zero-order valence-corrected chi connectivity index (χ0v) is 19.2. The van der Waals surface area contributed by atoms with Gasteiger partial charge in [0.15, 0.2) is 5.78 Å². The molecule has 1 N–H and O–H groups in total. The Labute approximate surface area is 188 Å². The number of benzene rings is 1. The van der Waals surface area contributed by atoms with Crippen molar-refractivity contribution in [2.24, 2.45) is 5.92 Å². The van der Waals surface area contributed by atoms with E-state index in [1.165, 1.54) is 0 Å². The highest BCUT2D eigenvalue weighted by atomic mass is 16.5. The third kappa shape index (κ3) is 3.59. The molecule has 7 nitrogen and oxygen atoms in total. The summed E-state index contributed by atoms with van der Waals surface area (Å²) < 4.78 is 7.51. The summed E-state index contributed by atoms with van der Waals surface area (Å²) in [6.45, 7) is 8.12. The first-order valence-electron chi connectivity index (χ1n) is 11.4. The van der Waals surface area contributed by atoms with Crippen molar-refractivity contribution in [3.05, 3.63) is 47.3 Å². The van der Waals surface area contributed by atoms with Crippen LogP contribution in [0, 0.1) is 19.8 Å². The normalized spacial score (nSPS) is 23.0. The van der Waals surface area contributed by atoms with E-state index >= 15 is 0 Å². The molecule has 2 aromatic rings. The highest BCUT2D eigenvalue weighted by Gasteiger charge is 2.55. The molecule has 170 valence electrons. The molecule has 2 aliphatic rings. The van der Waals surface area contributed by atoms with E-state index in [-0.39, 0.29) is 24.2 Å². The minimum absolute atomic E-state index is 0.0672. The fourth-order valence-electron chi connectivity index (χ4n) is 5.17. The molecular formula is C25H31N3O4. The number of carbonyl (C=O) groups excluding carboxylic acids is 3. The van der Waals surface area contributed by atoms with Gasteiger partial charge in [0, 0.05) is 22.6 Å². The highest BCUT2D eigenvalue weighted by Crippen LogP contribution is 2.38. The number of aromatic nitrogens is 1. The Balaban J connectivity index is 1.56. The smallest absolute Gasteiger partial charge is 0.325 e. The SMILES string of the molecule is CCOc1ccc(-n2c(C)cc(C(=O)CN3C(=O)NC4(CCCCC4C)C3=O)c2C)cc1. The molecule has 7 heteroatoms. The molecule has 32 heavy (non-hydrogen) atoms. The number of hydrogen-bond donors (Lipinski definition) is 1. The van der Waals surface area contributed by atoms with Crippen LogP contribution in [0.5, 0.6) is 5.75 Å². The second-order valence-electron chi connectivity index (χ2n) is 8.91. The molecule has 1 aliphatic carbocycles. The van der Waals surface area contributed by atoms with Gasteiger partial charge in [-0.15, -0.1) is 0 Å². The molecule has 1 saturated carbocycles. The summed E-state index contributed by atoms with van der Waals surface area (Å²) in [6, 6.07) is 9.06. The number of imide groups is 1. The Morgan fingerprint density at radius 1 is 1.19 bits per heavy atom. The van der Waals surface area contributed by atoms with E-state index in [0.29, 0.717) is 18.6 Å². The maximum Gasteiger partial charge on any atom is 0.325 e. The maximum absolute atomic E-state index is 13.2.